The third kappa shape index (κ3) is 6.96. The number of nitrogens with one attached hydrogen (secondary N) is 2. The third-order valence-electron chi connectivity index (χ3n) is 3.22. The van der Waals surface area contributed by atoms with Crippen molar-refractivity contribution in [2.24, 2.45) is 23.5 Å². The molecule has 20 heavy (non-hydrogen) atoms. The first-order valence-electron chi connectivity index (χ1n) is 6.70. The highest BCUT2D eigenvalue weighted by Crippen LogP contribution is 2.19. The van der Waals surface area contributed by atoms with Crippen LogP contribution in [0, 0.1) is 17.8 Å². The minimum absolute atomic E-state index is 0.292. The number of nitrogens with two attached hydrogens (primary N) is 1. The Labute approximate surface area is 119 Å². The van der Waals surface area contributed by atoms with E-state index >= 15 is 0 Å². The van der Waals surface area contributed by atoms with Gasteiger partial charge in [0.05, 0.1) is 6.42 Å². The van der Waals surface area contributed by atoms with E-state index in [1.165, 1.54) is 0 Å². The average Bonchev–Trinajstić information content (AvgIpc) is 2.26. The molecular weight excluding hydrogens is 262 g/mol. The molecule has 0 fully saturated rings. The van der Waals surface area contributed by atoms with Crippen LogP contribution in [0.25, 0.3) is 0 Å². The molecule has 0 saturated carbocycles. The number of hydrogen-bond donors (Lipinski definition) is 4. The molecule has 7 heteroatoms. The quantitative estimate of drug-likeness (QED) is 0.520. The Kier molecular flexibility index (Phi) is 7.64. The summed E-state index contributed by atoms with van der Waals surface area (Å²) in [4.78, 5) is 33.3. The Morgan fingerprint density at radius 1 is 1.10 bits per heavy atom. The zero-order valence-electron chi connectivity index (χ0n) is 12.5. The van der Waals surface area contributed by atoms with Gasteiger partial charge in [0.25, 0.3) is 0 Å². The lowest BCUT2D eigenvalue weighted by Crippen LogP contribution is -2.49. The molecule has 5 N–H and O–H groups in total. The van der Waals surface area contributed by atoms with E-state index in [2.05, 4.69) is 38.3 Å². The molecule has 0 saturated heterocycles. The average molecular weight is 287 g/mol. The molecular formula is C13H25N3O4. The number of urea groups is 1. The van der Waals surface area contributed by atoms with E-state index in [4.69, 9.17) is 10.8 Å². The highest BCUT2D eigenvalue weighted by molar-refractivity contribution is 5.87. The van der Waals surface area contributed by atoms with Gasteiger partial charge < -0.3 is 21.5 Å². The largest absolute Gasteiger partial charge is 0.480 e. The summed E-state index contributed by atoms with van der Waals surface area (Å²) in [5.41, 5.74) is 4.93. The minimum Gasteiger partial charge on any atom is -0.480 e. The van der Waals surface area contributed by atoms with Gasteiger partial charge in [0, 0.05) is 6.54 Å². The molecule has 0 aliphatic carbocycles. The van der Waals surface area contributed by atoms with Crippen molar-refractivity contribution in [3.8, 4) is 0 Å². The van der Waals surface area contributed by atoms with Gasteiger partial charge in [0.2, 0.25) is 5.91 Å². The maximum atomic E-state index is 11.7. The molecule has 0 aromatic heterocycles. The predicted molar refractivity (Wildman–Crippen MR) is 74.9 cm³/mol. The van der Waals surface area contributed by atoms with Crippen LogP contribution in [-0.4, -0.2) is 35.6 Å². The lowest BCUT2D eigenvalue weighted by atomic mass is 9.85. The van der Waals surface area contributed by atoms with Crippen LogP contribution >= 0.6 is 0 Å². The smallest absolute Gasteiger partial charge is 0.326 e. The molecule has 0 bridgehead atoms. The molecule has 0 spiro atoms. The fourth-order valence-corrected chi connectivity index (χ4v) is 2.06. The molecule has 1 atom stereocenters. The number of carboxylic acids is 1. The Morgan fingerprint density at radius 2 is 1.60 bits per heavy atom. The molecule has 0 heterocycles. The number of hydrogen-bond acceptors (Lipinski definition) is 3. The molecule has 0 aromatic rings. The second-order valence-electron chi connectivity index (χ2n) is 5.57. The molecule has 0 rings (SSSR count). The number of carboxylic acid groups (broad SMARTS) is 1. The van der Waals surface area contributed by atoms with Crippen LogP contribution in [0.4, 0.5) is 4.79 Å². The van der Waals surface area contributed by atoms with Gasteiger partial charge in [-0.15, -0.1) is 0 Å². The first-order chi connectivity index (χ1) is 9.15. The van der Waals surface area contributed by atoms with Gasteiger partial charge >= 0.3 is 12.0 Å². The van der Waals surface area contributed by atoms with Crippen LogP contribution < -0.4 is 16.4 Å². The van der Waals surface area contributed by atoms with Gasteiger partial charge in [0.1, 0.15) is 6.04 Å². The van der Waals surface area contributed by atoms with Crippen LogP contribution in [0.15, 0.2) is 0 Å². The van der Waals surface area contributed by atoms with E-state index in [0.717, 1.165) is 0 Å². The summed E-state index contributed by atoms with van der Waals surface area (Å²) in [5.74, 6) is -0.976. The summed E-state index contributed by atoms with van der Waals surface area (Å²) in [6.45, 7) is 8.72. The van der Waals surface area contributed by atoms with E-state index in [9.17, 15) is 14.4 Å². The van der Waals surface area contributed by atoms with E-state index < -0.39 is 30.4 Å². The zero-order valence-corrected chi connectivity index (χ0v) is 12.5. The van der Waals surface area contributed by atoms with Crippen LogP contribution in [0.3, 0.4) is 0 Å². The van der Waals surface area contributed by atoms with Crippen molar-refractivity contribution in [3.63, 3.8) is 0 Å². The Hall–Kier alpha value is -1.79. The number of amides is 3. The van der Waals surface area contributed by atoms with Crippen LogP contribution in [-0.2, 0) is 9.59 Å². The van der Waals surface area contributed by atoms with Crippen molar-refractivity contribution in [2.45, 2.75) is 40.2 Å². The second kappa shape index (κ2) is 8.39. The van der Waals surface area contributed by atoms with Crippen molar-refractivity contribution in [3.05, 3.63) is 0 Å². The second-order valence-corrected chi connectivity index (χ2v) is 5.57. The number of primary amides is 1. The Balaban J connectivity index is 4.39. The van der Waals surface area contributed by atoms with Crippen LogP contribution in [0.5, 0.6) is 0 Å². The first-order valence-corrected chi connectivity index (χ1v) is 6.70. The van der Waals surface area contributed by atoms with Crippen LogP contribution in [0.1, 0.15) is 34.1 Å². The lowest BCUT2D eigenvalue weighted by Gasteiger charge is -2.25. The fraction of sp³-hybridized carbons (Fsp3) is 0.769. The molecule has 1 unspecified atom stereocenters. The zero-order chi connectivity index (χ0) is 15.9. The normalized spacial score (nSPS) is 12.6. The summed E-state index contributed by atoms with van der Waals surface area (Å²) in [5, 5.41) is 13.7. The number of carbonyl (C=O) groups excluding carboxylic acids is 2. The lowest BCUT2D eigenvalue weighted by molar-refractivity contribution is -0.140. The summed E-state index contributed by atoms with van der Waals surface area (Å²) >= 11 is 0. The van der Waals surface area contributed by atoms with Crippen molar-refractivity contribution < 1.29 is 19.5 Å². The molecule has 0 radical (unpaired) electrons. The van der Waals surface area contributed by atoms with Gasteiger partial charge in [-0.1, -0.05) is 27.7 Å². The number of carbonyl (C=O) groups is 3. The highest BCUT2D eigenvalue weighted by atomic mass is 16.4. The summed E-state index contributed by atoms with van der Waals surface area (Å²) in [7, 11) is 0. The van der Waals surface area contributed by atoms with Gasteiger partial charge in [0.15, 0.2) is 0 Å². The van der Waals surface area contributed by atoms with Gasteiger partial charge in [-0.2, -0.15) is 0 Å². The molecule has 116 valence electrons. The van der Waals surface area contributed by atoms with Crippen molar-refractivity contribution in [1.29, 1.82) is 0 Å². The summed E-state index contributed by atoms with van der Waals surface area (Å²) in [6.07, 6.45) is -0.430. The topological polar surface area (TPSA) is 122 Å². The number of aliphatic carboxylic acids is 1. The molecule has 0 aliphatic rings. The SMILES string of the molecule is CC(C)C(CNC(=O)NC(CC(N)=O)C(=O)O)C(C)C. The Morgan fingerprint density at radius 3 is 1.95 bits per heavy atom. The molecule has 0 aliphatic heterocycles. The fourth-order valence-electron chi connectivity index (χ4n) is 2.06. The van der Waals surface area contributed by atoms with E-state index in [1.54, 1.807) is 0 Å². The van der Waals surface area contributed by atoms with Crippen LogP contribution in [0.2, 0.25) is 0 Å². The molecule has 3 amide bonds. The maximum absolute atomic E-state index is 11.7. The maximum Gasteiger partial charge on any atom is 0.326 e. The van der Waals surface area contributed by atoms with Crippen molar-refractivity contribution in [1.82, 2.24) is 10.6 Å². The Bertz CT molecular complexity index is 348. The minimum atomic E-state index is -1.30. The van der Waals surface area contributed by atoms with Crippen molar-refractivity contribution in [2.75, 3.05) is 6.54 Å². The molecule has 0 aromatic carbocycles. The van der Waals surface area contributed by atoms with E-state index in [1.807, 2.05) is 0 Å². The number of rotatable bonds is 8. The standard InChI is InChI=1S/C13H25N3O4/c1-7(2)9(8(3)4)6-15-13(20)16-10(12(18)19)5-11(14)17/h7-10H,5-6H2,1-4H3,(H2,14,17)(H,18,19)(H2,15,16,20). The highest BCUT2D eigenvalue weighted by Gasteiger charge is 2.23. The van der Waals surface area contributed by atoms with E-state index in [0.29, 0.717) is 24.3 Å². The van der Waals surface area contributed by atoms with Gasteiger partial charge in [-0.3, -0.25) is 4.79 Å². The van der Waals surface area contributed by atoms with Crippen molar-refractivity contribution >= 4 is 17.9 Å². The van der Waals surface area contributed by atoms with E-state index in [-0.39, 0.29) is 0 Å². The summed E-state index contributed by atoms with van der Waals surface area (Å²) < 4.78 is 0. The van der Waals surface area contributed by atoms with Gasteiger partial charge in [-0.25, -0.2) is 9.59 Å². The summed E-state index contributed by atoms with van der Waals surface area (Å²) in [6, 6.07) is -1.91. The third-order valence-corrected chi connectivity index (χ3v) is 3.22. The monoisotopic (exact) mass is 287 g/mol. The molecule has 7 nitrogen and oxygen atoms in total. The first kappa shape index (κ1) is 18.2. The predicted octanol–water partition coefficient (Wildman–Crippen LogP) is 0.542. The van der Waals surface area contributed by atoms with Gasteiger partial charge in [-0.05, 0) is 17.8 Å².